The fourth-order valence-corrected chi connectivity index (χ4v) is 0.227. The van der Waals surface area contributed by atoms with E-state index >= 15 is 0 Å². The first-order chi connectivity index (χ1) is 6.25. The molecule has 0 fully saturated rings. The van der Waals surface area contributed by atoms with Gasteiger partial charge in [0, 0.05) is 16.5 Å². The fourth-order valence-electron chi connectivity index (χ4n) is 0.227. The second-order valence-corrected chi connectivity index (χ2v) is 0.960. The third-order valence-electron chi connectivity index (χ3n) is 0.474. The molecule has 1 aromatic rings. The first kappa shape index (κ1) is 0.943. The molecule has 7 heavy (non-hydrogen) atoms. The quantitative estimate of drug-likeness (QED) is 0.480. The van der Waals surface area contributed by atoms with Crippen molar-refractivity contribution in [3.8, 4) is 0 Å². The Kier molecular flexibility index (Phi) is 0.234. The van der Waals surface area contributed by atoms with Gasteiger partial charge in [0.15, 0.2) is 0 Å². The number of nitrogens with zero attached hydrogens (tertiary/aromatic N) is 1. The number of hydrogen-bond acceptors (Lipinski definition) is 1. The number of aromatic nitrogens is 1. The van der Waals surface area contributed by atoms with Gasteiger partial charge in [0.05, 0.1) is 5.48 Å². The molecule has 0 amide bonds. The van der Waals surface area contributed by atoms with Crippen LogP contribution in [0.15, 0.2) is 24.4 Å². The van der Waals surface area contributed by atoms with Crippen LogP contribution in [0.3, 0.4) is 0 Å². The van der Waals surface area contributed by atoms with Crippen molar-refractivity contribution in [2.45, 2.75) is 6.85 Å². The fraction of sp³-hybridized carbons (Fsp3) is 0.167. The van der Waals surface area contributed by atoms with Gasteiger partial charge < -0.3 is 0 Å². The zero-order valence-electron chi connectivity index (χ0n) is 10.4. The molecule has 0 atom stereocenters. The molecule has 0 unspecified atom stereocenters. The van der Waals surface area contributed by atoms with E-state index in [1.165, 1.54) is 0 Å². The maximum Gasteiger partial charge on any atom is 0.0840 e. The predicted molar refractivity (Wildman–Crippen MR) is 29.0 cm³/mol. The standard InChI is InChI=1S/C6H7N/c1-6-2-4-7-5-3-6/h2-5H,1H3/i1D3,2D,3D,4D,5D. The molecule has 0 aliphatic carbocycles. The monoisotopic (exact) mass is 100 g/mol. The van der Waals surface area contributed by atoms with E-state index in [-0.39, 0.29) is 0 Å². The van der Waals surface area contributed by atoms with Gasteiger partial charge in [-0.15, -0.1) is 0 Å². The average molecular weight is 100 g/mol. The van der Waals surface area contributed by atoms with E-state index in [9.17, 15) is 0 Å². The molecule has 0 spiro atoms. The first-order valence-electron chi connectivity index (χ1n) is 5.20. The Labute approximate surface area is 52.9 Å². The molecule has 1 aromatic heterocycles. The highest BCUT2D eigenvalue weighted by atomic mass is 14.6. The normalized spacial score (nSPS) is 24.9. The lowest BCUT2D eigenvalue weighted by Gasteiger charge is -1.82. The molecule has 0 saturated heterocycles. The summed E-state index contributed by atoms with van der Waals surface area (Å²) in [7, 11) is 0. The predicted octanol–water partition coefficient (Wildman–Crippen LogP) is 1.39. The summed E-state index contributed by atoms with van der Waals surface area (Å²) in [4.78, 5) is 3.26. The molecule has 1 nitrogen and oxygen atoms in total. The topological polar surface area (TPSA) is 12.9 Å². The molecule has 0 bridgehead atoms. The highest BCUT2D eigenvalue weighted by molar-refractivity contribution is 5.05. The molecule has 0 aliphatic heterocycles. The molecular formula is C6H7N. The van der Waals surface area contributed by atoms with E-state index in [0.29, 0.717) is 0 Å². The summed E-state index contributed by atoms with van der Waals surface area (Å²) < 4.78 is 49.9. The van der Waals surface area contributed by atoms with Crippen LogP contribution in [-0.4, -0.2) is 4.98 Å². The highest BCUT2D eigenvalue weighted by Gasteiger charge is 1.72. The number of pyridine rings is 1. The summed E-state index contributed by atoms with van der Waals surface area (Å²) in [6, 6.07) is -1.21. The van der Waals surface area contributed by atoms with Gasteiger partial charge in [-0.25, -0.2) is 0 Å². The highest BCUT2D eigenvalue weighted by Crippen LogP contribution is 1.88. The third kappa shape index (κ3) is 1.000. The van der Waals surface area contributed by atoms with Crippen LogP contribution in [0.1, 0.15) is 15.2 Å². The van der Waals surface area contributed by atoms with Gasteiger partial charge in [-0.3, -0.25) is 4.98 Å². The van der Waals surface area contributed by atoms with E-state index in [1.807, 2.05) is 0 Å². The van der Waals surface area contributed by atoms with Crippen LogP contribution in [0.5, 0.6) is 0 Å². The second kappa shape index (κ2) is 1.73. The lowest BCUT2D eigenvalue weighted by atomic mass is 10.3. The van der Waals surface area contributed by atoms with Crippen LogP contribution in [-0.2, 0) is 0 Å². The van der Waals surface area contributed by atoms with Crippen LogP contribution in [0.4, 0.5) is 0 Å². The first-order valence-corrected chi connectivity index (χ1v) is 1.70. The van der Waals surface area contributed by atoms with Crippen LogP contribution in [0.2, 0.25) is 0 Å². The second-order valence-electron chi connectivity index (χ2n) is 0.960. The zero-order chi connectivity index (χ0) is 11.1. The Morgan fingerprint density at radius 2 is 2.43 bits per heavy atom. The van der Waals surface area contributed by atoms with Gasteiger partial charge in [-0.2, -0.15) is 0 Å². The smallest absolute Gasteiger partial charge is 0.0840 e. The summed E-state index contributed by atoms with van der Waals surface area (Å²) in [5, 5.41) is 0. The van der Waals surface area contributed by atoms with Crippen molar-refractivity contribution < 1.29 is 9.60 Å². The van der Waals surface area contributed by atoms with Gasteiger partial charge >= 0.3 is 0 Å². The zero-order valence-corrected chi connectivity index (χ0v) is 3.45. The molecule has 0 N–H and O–H groups in total. The van der Waals surface area contributed by atoms with Crippen LogP contribution < -0.4 is 0 Å². The van der Waals surface area contributed by atoms with Gasteiger partial charge in [0.25, 0.3) is 0 Å². The Balaban J connectivity index is 3.56. The Morgan fingerprint density at radius 3 is 3.00 bits per heavy atom. The van der Waals surface area contributed by atoms with Crippen molar-refractivity contribution in [3.05, 3.63) is 30.0 Å². The molecule has 1 heteroatoms. The van der Waals surface area contributed by atoms with Crippen molar-refractivity contribution in [1.29, 1.82) is 0 Å². The SMILES string of the molecule is [2H]c1nc([2H])c([2H])c(C([2H])([2H])[2H])c1[2H]. The lowest BCUT2D eigenvalue weighted by Crippen LogP contribution is -1.68. The molecule has 1 rings (SSSR count). The minimum absolute atomic E-state index is 0.581. The summed E-state index contributed by atoms with van der Waals surface area (Å²) in [6.45, 7) is -2.65. The van der Waals surface area contributed by atoms with E-state index in [0.717, 1.165) is 0 Å². The van der Waals surface area contributed by atoms with Crippen LogP contribution >= 0.6 is 0 Å². The minimum atomic E-state index is -2.65. The summed E-state index contributed by atoms with van der Waals surface area (Å²) >= 11 is 0. The Morgan fingerprint density at radius 1 is 1.71 bits per heavy atom. The van der Waals surface area contributed by atoms with E-state index in [1.54, 1.807) is 0 Å². The largest absolute Gasteiger partial charge is 0.265 e. The lowest BCUT2D eigenvalue weighted by molar-refractivity contribution is 1.29. The molecule has 0 saturated carbocycles. The Bertz CT molecular complexity index is 343. The van der Waals surface area contributed by atoms with E-state index in [2.05, 4.69) is 4.98 Å². The van der Waals surface area contributed by atoms with Crippen molar-refractivity contribution in [3.63, 3.8) is 0 Å². The van der Waals surface area contributed by atoms with Crippen molar-refractivity contribution >= 4 is 0 Å². The van der Waals surface area contributed by atoms with E-state index in [4.69, 9.17) is 9.60 Å². The number of rotatable bonds is 0. The molecule has 1 heterocycles. The average Bonchev–Trinajstić information content (AvgIpc) is 1.98. The van der Waals surface area contributed by atoms with Gasteiger partial charge in [0.2, 0.25) is 0 Å². The minimum Gasteiger partial charge on any atom is -0.265 e. The van der Waals surface area contributed by atoms with Crippen LogP contribution in [0.25, 0.3) is 0 Å². The van der Waals surface area contributed by atoms with E-state index < -0.39 is 36.8 Å². The van der Waals surface area contributed by atoms with Gasteiger partial charge in [0.1, 0.15) is 0 Å². The van der Waals surface area contributed by atoms with Crippen molar-refractivity contribution in [1.82, 2.24) is 4.98 Å². The summed E-state index contributed by atoms with van der Waals surface area (Å²) in [5.74, 6) is 0. The van der Waals surface area contributed by atoms with Crippen molar-refractivity contribution in [2.75, 3.05) is 0 Å². The Hall–Kier alpha value is -0.850. The maximum atomic E-state index is 7.28. The molecule has 0 radical (unpaired) electrons. The number of hydrogen-bond donors (Lipinski definition) is 0. The third-order valence-corrected chi connectivity index (χ3v) is 0.474. The summed E-state index contributed by atoms with van der Waals surface area (Å²) in [6.07, 6.45) is -1.17. The van der Waals surface area contributed by atoms with Crippen LogP contribution in [0, 0.1) is 6.85 Å². The molecular weight excluding hydrogens is 86.1 g/mol. The van der Waals surface area contributed by atoms with Crippen molar-refractivity contribution in [2.24, 2.45) is 0 Å². The maximum absolute atomic E-state index is 7.28. The van der Waals surface area contributed by atoms with Gasteiger partial charge in [-0.05, 0) is 24.5 Å². The molecule has 36 valence electrons. The summed E-state index contributed by atoms with van der Waals surface area (Å²) in [5.41, 5.74) is -0.581. The molecule has 0 aromatic carbocycles. The van der Waals surface area contributed by atoms with Gasteiger partial charge in [-0.1, -0.05) is 0 Å². The molecule has 0 aliphatic rings.